The van der Waals surface area contributed by atoms with Crippen molar-refractivity contribution in [2.45, 2.75) is 13.5 Å². The highest BCUT2D eigenvalue weighted by Gasteiger charge is 2.17. The Morgan fingerprint density at radius 1 is 1.10 bits per heavy atom. The maximum Gasteiger partial charge on any atom is 0.340 e. The third-order valence-corrected chi connectivity index (χ3v) is 5.88. The van der Waals surface area contributed by atoms with Crippen LogP contribution in [0.4, 0.5) is 0 Å². The van der Waals surface area contributed by atoms with Crippen LogP contribution in [0.15, 0.2) is 47.8 Å². The SMILES string of the molecule is COc1cccc(-c2nc(COC(=O)c3cc4cc(Cl)ccc4nc3C)cs2)c1OC. The molecule has 0 radical (unpaired) electrons. The molecule has 0 aliphatic carbocycles. The summed E-state index contributed by atoms with van der Waals surface area (Å²) in [7, 11) is 3.18. The number of carbonyl (C=O) groups excluding carboxylic acids is 1. The van der Waals surface area contributed by atoms with Gasteiger partial charge in [-0.05, 0) is 43.3 Å². The molecule has 4 rings (SSSR count). The van der Waals surface area contributed by atoms with E-state index in [1.165, 1.54) is 11.3 Å². The first-order chi connectivity index (χ1) is 15.0. The molecule has 2 heterocycles. The highest BCUT2D eigenvalue weighted by atomic mass is 35.5. The zero-order valence-corrected chi connectivity index (χ0v) is 18.7. The number of methoxy groups -OCH3 is 2. The summed E-state index contributed by atoms with van der Waals surface area (Å²) < 4.78 is 16.3. The number of halogens is 1. The van der Waals surface area contributed by atoms with E-state index in [0.29, 0.717) is 33.5 Å². The lowest BCUT2D eigenvalue weighted by molar-refractivity contribution is 0.0467. The lowest BCUT2D eigenvalue weighted by atomic mass is 10.1. The Labute approximate surface area is 188 Å². The Morgan fingerprint density at radius 2 is 1.94 bits per heavy atom. The summed E-state index contributed by atoms with van der Waals surface area (Å²) >= 11 is 7.50. The second-order valence-corrected chi connectivity index (χ2v) is 8.01. The van der Waals surface area contributed by atoms with Gasteiger partial charge < -0.3 is 14.2 Å². The molecule has 0 aliphatic heterocycles. The normalized spacial score (nSPS) is 10.8. The quantitative estimate of drug-likeness (QED) is 0.348. The molecule has 31 heavy (non-hydrogen) atoms. The molecule has 0 saturated heterocycles. The molecule has 158 valence electrons. The van der Waals surface area contributed by atoms with Gasteiger partial charge in [0.15, 0.2) is 11.5 Å². The molecule has 0 atom stereocenters. The van der Waals surface area contributed by atoms with E-state index in [0.717, 1.165) is 21.5 Å². The van der Waals surface area contributed by atoms with Crippen molar-refractivity contribution < 1.29 is 19.0 Å². The van der Waals surface area contributed by atoms with Crippen molar-refractivity contribution in [3.8, 4) is 22.1 Å². The molecule has 8 heteroatoms. The minimum absolute atomic E-state index is 0.0502. The number of aryl methyl sites for hydroxylation is 1. The van der Waals surface area contributed by atoms with Gasteiger partial charge in [0.1, 0.15) is 11.6 Å². The summed E-state index contributed by atoms with van der Waals surface area (Å²) in [6, 6.07) is 12.7. The summed E-state index contributed by atoms with van der Waals surface area (Å²) in [5.41, 5.74) is 3.23. The first-order valence-electron chi connectivity index (χ1n) is 9.40. The van der Waals surface area contributed by atoms with Gasteiger partial charge >= 0.3 is 5.97 Å². The summed E-state index contributed by atoms with van der Waals surface area (Å²) in [5, 5.41) is 3.97. The molecule has 2 aromatic heterocycles. The number of thiazole rings is 1. The third kappa shape index (κ3) is 4.33. The van der Waals surface area contributed by atoms with E-state index < -0.39 is 5.97 Å². The number of nitrogens with zero attached hydrogens (tertiary/aromatic N) is 2. The number of rotatable bonds is 6. The van der Waals surface area contributed by atoms with Crippen molar-refractivity contribution in [3.63, 3.8) is 0 Å². The van der Waals surface area contributed by atoms with Gasteiger partial charge in [0.25, 0.3) is 0 Å². The van der Waals surface area contributed by atoms with Gasteiger partial charge in [-0.15, -0.1) is 11.3 Å². The molecule has 0 amide bonds. The Bertz CT molecular complexity index is 1270. The number of carbonyl (C=O) groups is 1. The summed E-state index contributed by atoms with van der Waals surface area (Å²) in [4.78, 5) is 21.7. The minimum atomic E-state index is -0.458. The van der Waals surface area contributed by atoms with Crippen LogP contribution in [0.5, 0.6) is 11.5 Å². The van der Waals surface area contributed by atoms with E-state index in [9.17, 15) is 4.79 Å². The first-order valence-corrected chi connectivity index (χ1v) is 10.7. The van der Waals surface area contributed by atoms with Crippen LogP contribution < -0.4 is 9.47 Å². The Hall–Kier alpha value is -3.16. The predicted octanol–water partition coefficient (Wildman–Crippen LogP) is 5.69. The number of ether oxygens (including phenoxy) is 3. The summed E-state index contributed by atoms with van der Waals surface area (Å²) in [6.45, 7) is 1.83. The Balaban J connectivity index is 1.52. The van der Waals surface area contributed by atoms with Crippen LogP contribution in [0.3, 0.4) is 0 Å². The van der Waals surface area contributed by atoms with Crippen LogP contribution >= 0.6 is 22.9 Å². The number of pyridine rings is 1. The van der Waals surface area contributed by atoms with E-state index >= 15 is 0 Å². The van der Waals surface area contributed by atoms with Crippen LogP contribution in [0.25, 0.3) is 21.5 Å². The molecule has 0 saturated carbocycles. The second kappa shape index (κ2) is 8.91. The van der Waals surface area contributed by atoms with Crippen molar-refractivity contribution in [2.75, 3.05) is 14.2 Å². The number of hydrogen-bond acceptors (Lipinski definition) is 7. The number of fused-ring (bicyclic) bond motifs is 1. The van der Waals surface area contributed by atoms with Gasteiger partial charge in [0.05, 0.1) is 42.3 Å². The standard InChI is InChI=1S/C23H19ClN2O4S/c1-13-18(10-14-9-15(24)7-8-19(14)25-13)23(27)30-11-16-12-31-22(26-16)17-5-4-6-20(28-2)21(17)29-3/h4-10,12H,11H2,1-3H3. The zero-order valence-electron chi connectivity index (χ0n) is 17.1. The van der Waals surface area contributed by atoms with Gasteiger partial charge in [0, 0.05) is 15.8 Å². The van der Waals surface area contributed by atoms with E-state index in [2.05, 4.69) is 9.97 Å². The van der Waals surface area contributed by atoms with Crippen LogP contribution in [0, 0.1) is 6.92 Å². The molecular formula is C23H19ClN2O4S. The first kappa shape index (κ1) is 21.1. The highest BCUT2D eigenvalue weighted by molar-refractivity contribution is 7.13. The van der Waals surface area contributed by atoms with Crippen molar-refractivity contribution >= 4 is 39.8 Å². The van der Waals surface area contributed by atoms with Crippen LogP contribution in [0.1, 0.15) is 21.7 Å². The third-order valence-electron chi connectivity index (χ3n) is 4.72. The number of para-hydroxylation sites is 1. The fourth-order valence-corrected chi connectivity index (χ4v) is 4.23. The largest absolute Gasteiger partial charge is 0.493 e. The van der Waals surface area contributed by atoms with Crippen molar-refractivity contribution in [1.82, 2.24) is 9.97 Å². The van der Waals surface area contributed by atoms with Crippen molar-refractivity contribution in [3.05, 3.63) is 69.8 Å². The maximum atomic E-state index is 12.7. The van der Waals surface area contributed by atoms with Crippen LogP contribution in [-0.2, 0) is 11.3 Å². The monoisotopic (exact) mass is 454 g/mol. The van der Waals surface area contributed by atoms with Gasteiger partial charge in [0.2, 0.25) is 0 Å². The average Bonchev–Trinajstić information content (AvgIpc) is 3.25. The molecule has 4 aromatic rings. The van der Waals surface area contributed by atoms with Crippen molar-refractivity contribution in [2.24, 2.45) is 0 Å². The molecule has 0 fully saturated rings. The Kier molecular flexibility index (Phi) is 6.06. The Morgan fingerprint density at radius 3 is 2.71 bits per heavy atom. The molecule has 0 spiro atoms. The molecule has 6 nitrogen and oxygen atoms in total. The zero-order chi connectivity index (χ0) is 22.0. The molecule has 0 N–H and O–H groups in total. The number of benzene rings is 2. The molecule has 2 aromatic carbocycles. The summed E-state index contributed by atoms with van der Waals surface area (Å²) in [6.07, 6.45) is 0. The smallest absolute Gasteiger partial charge is 0.340 e. The van der Waals surface area contributed by atoms with E-state index in [1.807, 2.05) is 29.6 Å². The lowest BCUT2D eigenvalue weighted by Gasteiger charge is -2.10. The second-order valence-electron chi connectivity index (χ2n) is 6.72. The average molecular weight is 455 g/mol. The molecule has 0 unspecified atom stereocenters. The molecule has 0 aliphatic rings. The van der Waals surface area contributed by atoms with Crippen LogP contribution in [0.2, 0.25) is 5.02 Å². The molecular weight excluding hydrogens is 436 g/mol. The lowest BCUT2D eigenvalue weighted by Crippen LogP contribution is -2.08. The van der Waals surface area contributed by atoms with Gasteiger partial charge in [-0.25, -0.2) is 9.78 Å². The van der Waals surface area contributed by atoms with Crippen molar-refractivity contribution in [1.29, 1.82) is 0 Å². The van der Waals surface area contributed by atoms with E-state index in [1.54, 1.807) is 39.3 Å². The topological polar surface area (TPSA) is 70.5 Å². The predicted molar refractivity (Wildman–Crippen MR) is 121 cm³/mol. The molecule has 0 bridgehead atoms. The fraction of sp³-hybridized carbons (Fsp3) is 0.174. The maximum absolute atomic E-state index is 12.7. The van der Waals surface area contributed by atoms with Gasteiger partial charge in [-0.2, -0.15) is 0 Å². The van der Waals surface area contributed by atoms with Gasteiger partial charge in [-0.1, -0.05) is 17.7 Å². The fourth-order valence-electron chi connectivity index (χ4n) is 3.22. The summed E-state index contributed by atoms with van der Waals surface area (Å²) in [5.74, 6) is 0.780. The van der Waals surface area contributed by atoms with E-state index in [4.69, 9.17) is 25.8 Å². The number of hydrogen-bond donors (Lipinski definition) is 0. The van der Waals surface area contributed by atoms with Gasteiger partial charge in [-0.3, -0.25) is 4.98 Å². The van der Waals surface area contributed by atoms with Crippen LogP contribution in [-0.4, -0.2) is 30.2 Å². The highest BCUT2D eigenvalue weighted by Crippen LogP contribution is 2.39. The number of esters is 1. The van der Waals surface area contributed by atoms with E-state index in [-0.39, 0.29) is 6.61 Å². The minimum Gasteiger partial charge on any atom is -0.493 e. The number of aromatic nitrogens is 2.